The molecule has 0 aliphatic carbocycles. The molecule has 9 heteroatoms. The quantitative estimate of drug-likeness (QED) is 0.499. The molecule has 0 saturated carbocycles. The van der Waals surface area contributed by atoms with Crippen LogP contribution in [0.25, 0.3) is 0 Å². The molecule has 28 heavy (non-hydrogen) atoms. The molecule has 0 aliphatic rings. The van der Waals surface area contributed by atoms with Crippen LogP contribution in [0.2, 0.25) is 0 Å². The highest BCUT2D eigenvalue weighted by Gasteiger charge is 2.18. The van der Waals surface area contributed by atoms with Gasteiger partial charge < -0.3 is 24.6 Å². The minimum atomic E-state index is -0.932. The van der Waals surface area contributed by atoms with Gasteiger partial charge in [0.1, 0.15) is 17.2 Å². The number of nitro benzene ring substituents is 1. The van der Waals surface area contributed by atoms with Gasteiger partial charge in [-0.2, -0.15) is 0 Å². The van der Waals surface area contributed by atoms with Gasteiger partial charge in [-0.05, 0) is 24.6 Å². The molecule has 0 heterocycles. The lowest BCUT2D eigenvalue weighted by molar-refractivity contribution is -0.384. The van der Waals surface area contributed by atoms with Crippen LogP contribution in [0.5, 0.6) is 17.2 Å². The first-order valence-electron chi connectivity index (χ1n) is 8.41. The third kappa shape index (κ3) is 5.10. The molecule has 0 saturated heterocycles. The number of methoxy groups -OCH3 is 3. The average molecular weight is 390 g/mol. The monoisotopic (exact) mass is 390 g/mol. The molecule has 0 bridgehead atoms. The van der Waals surface area contributed by atoms with E-state index >= 15 is 0 Å². The predicted molar refractivity (Wildman–Crippen MR) is 102 cm³/mol. The topological polar surface area (TPSA) is 120 Å². The van der Waals surface area contributed by atoms with Crippen molar-refractivity contribution in [1.29, 1.82) is 0 Å². The number of hydrogen-bond donors (Lipinski definition) is 2. The van der Waals surface area contributed by atoms with E-state index < -0.39 is 16.9 Å². The van der Waals surface area contributed by atoms with Crippen LogP contribution in [-0.2, 0) is 4.79 Å². The van der Waals surface area contributed by atoms with E-state index in [2.05, 4.69) is 5.32 Å². The number of aliphatic hydroxyl groups excluding tert-OH is 1. The van der Waals surface area contributed by atoms with E-state index in [1.54, 1.807) is 18.2 Å². The fourth-order valence-corrected chi connectivity index (χ4v) is 2.64. The third-order valence-electron chi connectivity index (χ3n) is 4.11. The van der Waals surface area contributed by atoms with Gasteiger partial charge in [0, 0.05) is 30.2 Å². The second-order valence-corrected chi connectivity index (χ2v) is 5.85. The van der Waals surface area contributed by atoms with Gasteiger partial charge in [-0.1, -0.05) is 0 Å². The number of carbonyl (C=O) groups is 1. The predicted octanol–water partition coefficient (Wildman–Crippen LogP) is 3.07. The van der Waals surface area contributed by atoms with Gasteiger partial charge >= 0.3 is 0 Å². The van der Waals surface area contributed by atoms with E-state index in [9.17, 15) is 20.0 Å². The van der Waals surface area contributed by atoms with Crippen LogP contribution in [0.1, 0.15) is 24.5 Å². The Morgan fingerprint density at radius 3 is 2.43 bits per heavy atom. The molecule has 0 aromatic heterocycles. The highest BCUT2D eigenvalue weighted by molar-refractivity contribution is 5.92. The smallest absolute Gasteiger partial charge is 0.271 e. The maximum Gasteiger partial charge on any atom is 0.271 e. The van der Waals surface area contributed by atoms with Gasteiger partial charge in [-0.25, -0.2) is 0 Å². The Balaban J connectivity index is 2.04. The number of nitrogens with zero attached hydrogens (tertiary/aromatic N) is 1. The van der Waals surface area contributed by atoms with E-state index in [1.807, 2.05) is 0 Å². The second kappa shape index (κ2) is 9.56. The fraction of sp³-hybridized carbons (Fsp3) is 0.316. The van der Waals surface area contributed by atoms with Crippen molar-refractivity contribution in [2.24, 2.45) is 0 Å². The Labute approximate surface area is 162 Å². The molecule has 0 spiro atoms. The molecule has 0 aliphatic heterocycles. The molecule has 1 unspecified atom stereocenters. The van der Waals surface area contributed by atoms with Crippen molar-refractivity contribution >= 4 is 17.3 Å². The molecule has 2 aromatic rings. The van der Waals surface area contributed by atoms with Crippen LogP contribution in [0.3, 0.4) is 0 Å². The van der Waals surface area contributed by atoms with Crippen molar-refractivity contribution in [2.75, 3.05) is 26.6 Å². The summed E-state index contributed by atoms with van der Waals surface area (Å²) in [5.74, 6) is 0.928. The number of nitro groups is 1. The number of ether oxygens (including phenoxy) is 3. The Morgan fingerprint density at radius 1 is 1.11 bits per heavy atom. The van der Waals surface area contributed by atoms with Crippen LogP contribution >= 0.6 is 0 Å². The van der Waals surface area contributed by atoms with Gasteiger partial charge in [0.2, 0.25) is 5.91 Å². The van der Waals surface area contributed by atoms with Crippen molar-refractivity contribution in [2.45, 2.75) is 18.9 Å². The first kappa shape index (κ1) is 21.0. The molecule has 9 nitrogen and oxygen atoms in total. The Kier molecular flexibility index (Phi) is 7.16. The minimum absolute atomic E-state index is 0.0117. The lowest BCUT2D eigenvalue weighted by Crippen LogP contribution is -2.14. The Hall–Kier alpha value is -3.33. The van der Waals surface area contributed by atoms with Crippen LogP contribution in [-0.4, -0.2) is 37.3 Å². The highest BCUT2D eigenvalue weighted by Crippen LogP contribution is 2.32. The molecule has 1 atom stereocenters. The number of carbonyl (C=O) groups excluding carboxylic acids is 1. The maximum absolute atomic E-state index is 12.3. The number of benzene rings is 2. The van der Waals surface area contributed by atoms with E-state index in [4.69, 9.17) is 14.2 Å². The van der Waals surface area contributed by atoms with Gasteiger partial charge in [-0.3, -0.25) is 14.9 Å². The summed E-state index contributed by atoms with van der Waals surface area (Å²) in [6.07, 6.45) is -0.813. The summed E-state index contributed by atoms with van der Waals surface area (Å²) in [6.45, 7) is 0. The molecule has 2 rings (SSSR count). The standard InChI is InChI=1S/C19H22N2O7/c1-26-13-5-6-14(18(11-13)28-3)16(22)7-9-19(23)20-15-10-12(21(24)25)4-8-17(15)27-2/h4-6,8,10-11,16,22H,7,9H2,1-3H3,(H,20,23). The van der Waals surface area contributed by atoms with E-state index in [0.29, 0.717) is 22.8 Å². The summed E-state index contributed by atoms with van der Waals surface area (Å²) in [5, 5.41) is 23.9. The van der Waals surface area contributed by atoms with E-state index in [0.717, 1.165) is 0 Å². The lowest BCUT2D eigenvalue weighted by Gasteiger charge is -2.16. The number of anilines is 1. The summed E-state index contributed by atoms with van der Waals surface area (Å²) >= 11 is 0. The summed E-state index contributed by atoms with van der Waals surface area (Å²) in [6, 6.07) is 8.92. The third-order valence-corrected chi connectivity index (χ3v) is 4.11. The molecule has 0 fully saturated rings. The summed E-state index contributed by atoms with van der Waals surface area (Å²) in [5.41, 5.74) is 0.557. The van der Waals surface area contributed by atoms with Gasteiger partial charge in [0.25, 0.3) is 5.69 Å². The van der Waals surface area contributed by atoms with Crippen molar-refractivity contribution in [3.63, 3.8) is 0 Å². The van der Waals surface area contributed by atoms with Gasteiger partial charge in [0.05, 0.1) is 38.0 Å². The molecule has 150 valence electrons. The first-order chi connectivity index (χ1) is 13.4. The molecule has 2 N–H and O–H groups in total. The zero-order chi connectivity index (χ0) is 20.7. The van der Waals surface area contributed by atoms with Crippen LogP contribution in [0, 0.1) is 10.1 Å². The maximum atomic E-state index is 12.3. The van der Waals surface area contributed by atoms with Crippen molar-refractivity contribution < 1.29 is 29.0 Å². The van der Waals surface area contributed by atoms with Crippen LogP contribution in [0.4, 0.5) is 11.4 Å². The minimum Gasteiger partial charge on any atom is -0.497 e. The number of non-ortho nitro benzene ring substituents is 1. The van der Waals surface area contributed by atoms with E-state index in [-0.39, 0.29) is 24.2 Å². The highest BCUT2D eigenvalue weighted by atomic mass is 16.6. The lowest BCUT2D eigenvalue weighted by atomic mass is 10.0. The number of aliphatic hydroxyl groups is 1. The number of nitrogens with one attached hydrogen (secondary N) is 1. The van der Waals surface area contributed by atoms with Crippen LogP contribution in [0.15, 0.2) is 36.4 Å². The summed E-state index contributed by atoms with van der Waals surface area (Å²) in [4.78, 5) is 22.6. The summed E-state index contributed by atoms with van der Waals surface area (Å²) < 4.78 is 15.5. The first-order valence-corrected chi connectivity index (χ1v) is 8.41. The zero-order valence-electron chi connectivity index (χ0n) is 15.8. The van der Waals surface area contributed by atoms with Gasteiger partial charge in [-0.15, -0.1) is 0 Å². The van der Waals surface area contributed by atoms with Crippen molar-refractivity contribution in [1.82, 2.24) is 0 Å². The Bertz CT molecular complexity index is 854. The SMILES string of the molecule is COc1ccc(C(O)CCC(=O)Nc2cc([N+](=O)[O-])ccc2OC)c(OC)c1. The largest absolute Gasteiger partial charge is 0.497 e. The number of rotatable bonds is 9. The van der Waals surface area contributed by atoms with Gasteiger partial charge in [0.15, 0.2) is 0 Å². The summed E-state index contributed by atoms with van der Waals surface area (Å²) in [7, 11) is 4.40. The molecule has 0 radical (unpaired) electrons. The molecule has 1 amide bonds. The second-order valence-electron chi connectivity index (χ2n) is 5.85. The fourth-order valence-electron chi connectivity index (χ4n) is 2.64. The Morgan fingerprint density at radius 2 is 1.82 bits per heavy atom. The average Bonchev–Trinajstić information content (AvgIpc) is 2.71. The van der Waals surface area contributed by atoms with Crippen LogP contribution < -0.4 is 19.5 Å². The molecule has 2 aromatic carbocycles. The molecular weight excluding hydrogens is 368 g/mol. The number of amides is 1. The molecular formula is C19H22N2O7. The zero-order valence-corrected chi connectivity index (χ0v) is 15.8. The van der Waals surface area contributed by atoms with E-state index in [1.165, 1.54) is 39.5 Å². The van der Waals surface area contributed by atoms with Crippen molar-refractivity contribution in [3.05, 3.63) is 52.1 Å². The normalized spacial score (nSPS) is 11.4. The van der Waals surface area contributed by atoms with Crippen molar-refractivity contribution in [3.8, 4) is 17.2 Å². The number of hydrogen-bond acceptors (Lipinski definition) is 7.